The van der Waals surface area contributed by atoms with Gasteiger partial charge in [0, 0.05) is 25.2 Å². The van der Waals surface area contributed by atoms with E-state index >= 15 is 0 Å². The highest BCUT2D eigenvalue weighted by Gasteiger charge is 2.30. The Morgan fingerprint density at radius 1 is 1.15 bits per heavy atom. The molecule has 2 amide bonds. The number of aryl methyl sites for hydroxylation is 1. The molecule has 0 unspecified atom stereocenters. The highest BCUT2D eigenvalue weighted by Crippen LogP contribution is 2.24. The van der Waals surface area contributed by atoms with Crippen molar-refractivity contribution in [1.29, 1.82) is 0 Å². The summed E-state index contributed by atoms with van der Waals surface area (Å²) in [6.07, 6.45) is 1.64. The molecular formula is C23H30N4O6S. The van der Waals surface area contributed by atoms with Crippen LogP contribution < -0.4 is 9.62 Å². The summed E-state index contributed by atoms with van der Waals surface area (Å²) < 4.78 is 25.9. The molecule has 184 valence electrons. The molecular weight excluding hydrogens is 460 g/mol. The van der Waals surface area contributed by atoms with Crippen LogP contribution in [0.15, 0.2) is 48.5 Å². The standard InChI is InChI=1S/C23H30N4O6S/c1-5-13-24-23(29)18(3)25(15-19-10-7-6-9-17(19)2)22(28)16-26(34(4,32)33)20-11-8-12-21(14-20)27(30)31/h6-12,14,18H,5,13,15-16H2,1-4H3,(H,24,29)/t18-/m1/s1. The Hall–Kier alpha value is -3.47. The third-order valence-electron chi connectivity index (χ3n) is 5.33. The van der Waals surface area contributed by atoms with E-state index in [1.54, 1.807) is 6.92 Å². The van der Waals surface area contributed by atoms with Crippen LogP contribution in [0.25, 0.3) is 0 Å². The Bertz CT molecular complexity index is 1150. The zero-order valence-electron chi connectivity index (χ0n) is 19.7. The highest BCUT2D eigenvalue weighted by molar-refractivity contribution is 7.92. The SMILES string of the molecule is CCCNC(=O)[C@@H](C)N(Cc1ccccc1C)C(=O)CN(c1cccc([N+](=O)[O-])c1)S(C)(=O)=O. The van der Waals surface area contributed by atoms with Gasteiger partial charge in [0.05, 0.1) is 16.9 Å². The fraction of sp³-hybridized carbons (Fsp3) is 0.391. The molecule has 0 saturated carbocycles. The number of hydrogen-bond donors (Lipinski definition) is 1. The normalized spacial score (nSPS) is 12.0. The minimum atomic E-state index is -3.97. The minimum Gasteiger partial charge on any atom is -0.354 e. The number of benzene rings is 2. The summed E-state index contributed by atoms with van der Waals surface area (Å²) in [6, 6.07) is 11.6. The van der Waals surface area contributed by atoms with Crippen molar-refractivity contribution in [2.45, 2.75) is 39.8 Å². The third kappa shape index (κ3) is 7.01. The molecule has 2 aromatic rings. The lowest BCUT2D eigenvalue weighted by Crippen LogP contribution is -2.51. The molecule has 0 aliphatic carbocycles. The summed E-state index contributed by atoms with van der Waals surface area (Å²) >= 11 is 0. The predicted octanol–water partition coefficient (Wildman–Crippen LogP) is 2.61. The van der Waals surface area contributed by atoms with Crippen molar-refractivity contribution < 1.29 is 22.9 Å². The second-order valence-electron chi connectivity index (χ2n) is 7.96. The zero-order chi connectivity index (χ0) is 25.5. The quantitative estimate of drug-likeness (QED) is 0.381. The van der Waals surface area contributed by atoms with Crippen molar-refractivity contribution >= 4 is 33.2 Å². The largest absolute Gasteiger partial charge is 0.354 e. The minimum absolute atomic E-state index is 0.0102. The molecule has 0 bridgehead atoms. The number of amides is 2. The molecule has 0 aromatic heterocycles. The van der Waals surface area contributed by atoms with Gasteiger partial charge in [-0.25, -0.2) is 8.42 Å². The summed E-state index contributed by atoms with van der Waals surface area (Å²) in [7, 11) is -3.97. The van der Waals surface area contributed by atoms with Gasteiger partial charge in [0.1, 0.15) is 12.6 Å². The van der Waals surface area contributed by atoms with Gasteiger partial charge < -0.3 is 10.2 Å². The van der Waals surface area contributed by atoms with E-state index in [9.17, 15) is 28.1 Å². The number of carbonyl (C=O) groups is 2. The van der Waals surface area contributed by atoms with E-state index in [0.29, 0.717) is 6.54 Å². The van der Waals surface area contributed by atoms with Crippen molar-refractivity contribution in [2.75, 3.05) is 23.7 Å². The van der Waals surface area contributed by atoms with E-state index in [-0.39, 0.29) is 23.8 Å². The molecule has 0 aliphatic rings. The third-order valence-corrected chi connectivity index (χ3v) is 6.47. The van der Waals surface area contributed by atoms with Gasteiger partial charge in [-0.05, 0) is 37.5 Å². The van der Waals surface area contributed by atoms with Crippen LogP contribution in [0.2, 0.25) is 0 Å². The molecule has 10 nitrogen and oxygen atoms in total. The van der Waals surface area contributed by atoms with Crippen molar-refractivity contribution in [3.63, 3.8) is 0 Å². The Labute approximate surface area is 199 Å². The van der Waals surface area contributed by atoms with Crippen LogP contribution in [0.4, 0.5) is 11.4 Å². The molecule has 11 heteroatoms. The Morgan fingerprint density at radius 2 is 1.82 bits per heavy atom. The average molecular weight is 491 g/mol. The van der Waals surface area contributed by atoms with Gasteiger partial charge in [0.25, 0.3) is 5.69 Å². The molecule has 1 atom stereocenters. The molecule has 0 fully saturated rings. The van der Waals surface area contributed by atoms with Gasteiger partial charge >= 0.3 is 0 Å². The van der Waals surface area contributed by atoms with Gasteiger partial charge in [0.15, 0.2) is 0 Å². The number of nitro benzene ring substituents is 1. The van der Waals surface area contributed by atoms with E-state index < -0.39 is 33.4 Å². The summed E-state index contributed by atoms with van der Waals surface area (Å²) in [5.41, 5.74) is 1.42. The molecule has 34 heavy (non-hydrogen) atoms. The summed E-state index contributed by atoms with van der Waals surface area (Å²) in [4.78, 5) is 38.0. The number of nitrogens with zero attached hydrogens (tertiary/aromatic N) is 3. The van der Waals surface area contributed by atoms with Crippen LogP contribution in [0, 0.1) is 17.0 Å². The van der Waals surface area contributed by atoms with Crippen LogP contribution in [0.3, 0.4) is 0 Å². The van der Waals surface area contributed by atoms with Gasteiger partial charge in [-0.1, -0.05) is 37.3 Å². The topological polar surface area (TPSA) is 130 Å². The maximum absolute atomic E-state index is 13.4. The number of sulfonamides is 1. The van der Waals surface area contributed by atoms with E-state index in [0.717, 1.165) is 34.2 Å². The second-order valence-corrected chi connectivity index (χ2v) is 9.87. The van der Waals surface area contributed by atoms with Gasteiger partial charge in [-0.3, -0.25) is 24.0 Å². The highest BCUT2D eigenvalue weighted by atomic mass is 32.2. The molecule has 1 N–H and O–H groups in total. The lowest BCUT2D eigenvalue weighted by atomic mass is 10.1. The van der Waals surface area contributed by atoms with Crippen LogP contribution in [0.1, 0.15) is 31.4 Å². The Balaban J connectivity index is 2.42. The van der Waals surface area contributed by atoms with E-state index in [2.05, 4.69) is 5.32 Å². The first kappa shape index (κ1) is 26.8. The predicted molar refractivity (Wildman–Crippen MR) is 130 cm³/mol. The van der Waals surface area contributed by atoms with Crippen molar-refractivity contribution in [3.05, 3.63) is 69.8 Å². The number of nitrogens with one attached hydrogen (secondary N) is 1. The maximum atomic E-state index is 13.4. The molecule has 2 rings (SSSR count). The Kier molecular flexibility index (Phi) is 9.13. The van der Waals surface area contributed by atoms with Gasteiger partial charge in [0.2, 0.25) is 21.8 Å². The average Bonchev–Trinajstić information content (AvgIpc) is 2.79. The number of anilines is 1. The first-order valence-electron chi connectivity index (χ1n) is 10.8. The van der Waals surface area contributed by atoms with E-state index in [4.69, 9.17) is 0 Å². The summed E-state index contributed by atoms with van der Waals surface area (Å²) in [5.74, 6) is -0.968. The summed E-state index contributed by atoms with van der Waals surface area (Å²) in [6.45, 7) is 5.30. The molecule has 2 aromatic carbocycles. The monoisotopic (exact) mass is 490 g/mol. The van der Waals surface area contributed by atoms with Crippen LogP contribution in [-0.2, 0) is 26.2 Å². The first-order chi connectivity index (χ1) is 16.0. The molecule has 0 spiro atoms. The van der Waals surface area contributed by atoms with Crippen LogP contribution in [-0.4, -0.2) is 55.4 Å². The fourth-order valence-electron chi connectivity index (χ4n) is 3.32. The van der Waals surface area contributed by atoms with Crippen molar-refractivity contribution in [1.82, 2.24) is 10.2 Å². The molecule has 0 aliphatic heterocycles. The molecule has 0 saturated heterocycles. The summed E-state index contributed by atoms with van der Waals surface area (Å²) in [5, 5.41) is 13.9. The first-order valence-corrected chi connectivity index (χ1v) is 12.6. The van der Waals surface area contributed by atoms with Crippen molar-refractivity contribution in [3.8, 4) is 0 Å². The lowest BCUT2D eigenvalue weighted by molar-refractivity contribution is -0.384. The van der Waals surface area contributed by atoms with Crippen LogP contribution >= 0.6 is 0 Å². The second kappa shape index (κ2) is 11.6. The molecule has 0 radical (unpaired) electrons. The van der Waals surface area contributed by atoms with Gasteiger partial charge in [-0.2, -0.15) is 0 Å². The number of non-ortho nitro benzene ring substituents is 1. The van der Waals surface area contributed by atoms with Crippen molar-refractivity contribution in [2.24, 2.45) is 0 Å². The number of carbonyl (C=O) groups excluding carboxylic acids is 2. The number of hydrogen-bond acceptors (Lipinski definition) is 6. The Morgan fingerprint density at radius 3 is 2.41 bits per heavy atom. The van der Waals surface area contributed by atoms with E-state index in [1.807, 2.05) is 38.1 Å². The fourth-order valence-corrected chi connectivity index (χ4v) is 4.17. The van der Waals surface area contributed by atoms with Gasteiger partial charge in [-0.15, -0.1) is 0 Å². The number of nitro groups is 1. The molecule has 0 heterocycles. The smallest absolute Gasteiger partial charge is 0.271 e. The number of rotatable bonds is 11. The zero-order valence-corrected chi connectivity index (χ0v) is 20.5. The van der Waals surface area contributed by atoms with E-state index in [1.165, 1.54) is 23.1 Å². The van der Waals surface area contributed by atoms with Crippen LogP contribution in [0.5, 0.6) is 0 Å². The maximum Gasteiger partial charge on any atom is 0.271 e. The lowest BCUT2D eigenvalue weighted by Gasteiger charge is -2.31.